The van der Waals surface area contributed by atoms with Gasteiger partial charge in [0.15, 0.2) is 6.54 Å². The Morgan fingerprint density at radius 1 is 1.62 bits per heavy atom. The number of hydrogen-bond acceptors (Lipinski definition) is 2. The number of rotatable bonds is 3. The van der Waals surface area contributed by atoms with Gasteiger partial charge in [-0.15, -0.1) is 0 Å². The first-order chi connectivity index (χ1) is 6.02. The summed E-state index contributed by atoms with van der Waals surface area (Å²) in [6, 6.07) is 0. The van der Waals surface area contributed by atoms with E-state index in [-0.39, 0.29) is 5.97 Å². The van der Waals surface area contributed by atoms with Crippen molar-refractivity contribution in [3.63, 3.8) is 0 Å². The molecule has 0 radical (unpaired) electrons. The molecule has 0 aromatic rings. The summed E-state index contributed by atoms with van der Waals surface area (Å²) in [7, 11) is 5.24. The van der Waals surface area contributed by atoms with Crippen molar-refractivity contribution in [1.29, 1.82) is 0 Å². The highest BCUT2D eigenvalue weighted by atomic mass is 16.5. The standard InChI is InChI=1S/C10H16NO2/c1-5-6-7-8-11(2,3)9-10(12)13-4/h5H,1,8-9H2,2-4H3/q+1. The van der Waals surface area contributed by atoms with Gasteiger partial charge in [-0.3, -0.25) is 0 Å². The van der Waals surface area contributed by atoms with Gasteiger partial charge in [-0.2, -0.15) is 0 Å². The lowest BCUT2D eigenvalue weighted by Gasteiger charge is -2.25. The molecule has 0 aromatic carbocycles. The summed E-state index contributed by atoms with van der Waals surface area (Å²) in [6.07, 6.45) is 1.54. The second kappa shape index (κ2) is 5.39. The van der Waals surface area contributed by atoms with Crippen molar-refractivity contribution in [2.24, 2.45) is 0 Å². The molecule has 0 heterocycles. The van der Waals surface area contributed by atoms with Crippen LogP contribution in [0.15, 0.2) is 12.7 Å². The molecule has 0 aliphatic heterocycles. The molecule has 3 nitrogen and oxygen atoms in total. The fourth-order valence-corrected chi connectivity index (χ4v) is 0.802. The predicted octanol–water partition coefficient (Wildman–Crippen LogP) is 0.425. The van der Waals surface area contributed by atoms with Crippen LogP contribution in [0.2, 0.25) is 0 Å². The SMILES string of the molecule is C=CC#CC[N+](C)(C)CC(=O)OC. The molecular weight excluding hydrogens is 166 g/mol. The van der Waals surface area contributed by atoms with Gasteiger partial charge in [0.2, 0.25) is 0 Å². The quantitative estimate of drug-likeness (QED) is 0.359. The Morgan fingerprint density at radius 2 is 2.23 bits per heavy atom. The van der Waals surface area contributed by atoms with Crippen LogP contribution < -0.4 is 0 Å². The van der Waals surface area contributed by atoms with E-state index in [1.165, 1.54) is 13.2 Å². The number of allylic oxidation sites excluding steroid dienone is 1. The highest BCUT2D eigenvalue weighted by Crippen LogP contribution is 1.95. The lowest BCUT2D eigenvalue weighted by atomic mass is 10.4. The van der Waals surface area contributed by atoms with E-state index >= 15 is 0 Å². The van der Waals surface area contributed by atoms with Crippen molar-refractivity contribution >= 4 is 5.97 Å². The van der Waals surface area contributed by atoms with Crippen LogP contribution in [-0.4, -0.2) is 44.7 Å². The van der Waals surface area contributed by atoms with Crippen LogP contribution in [0, 0.1) is 11.8 Å². The van der Waals surface area contributed by atoms with Gasteiger partial charge in [-0.05, 0) is 12.0 Å². The summed E-state index contributed by atoms with van der Waals surface area (Å²) in [6.45, 7) is 4.43. The molecule has 0 saturated carbocycles. The summed E-state index contributed by atoms with van der Waals surface area (Å²) >= 11 is 0. The zero-order valence-electron chi connectivity index (χ0n) is 8.46. The average molecular weight is 182 g/mol. The number of carbonyl (C=O) groups excluding carboxylic acids is 1. The largest absolute Gasteiger partial charge is 0.465 e. The number of hydrogen-bond donors (Lipinski definition) is 0. The molecule has 0 spiro atoms. The lowest BCUT2D eigenvalue weighted by molar-refractivity contribution is -0.875. The number of ether oxygens (including phenoxy) is 1. The first-order valence-corrected chi connectivity index (χ1v) is 4.00. The van der Waals surface area contributed by atoms with Crippen LogP contribution in [0.4, 0.5) is 0 Å². The van der Waals surface area contributed by atoms with Crippen molar-refractivity contribution in [2.45, 2.75) is 0 Å². The van der Waals surface area contributed by atoms with Crippen molar-refractivity contribution in [1.82, 2.24) is 0 Å². The zero-order chi connectivity index (χ0) is 10.3. The van der Waals surface area contributed by atoms with Gasteiger partial charge < -0.3 is 9.22 Å². The fraction of sp³-hybridized carbons (Fsp3) is 0.500. The van der Waals surface area contributed by atoms with Gasteiger partial charge in [0.25, 0.3) is 0 Å². The van der Waals surface area contributed by atoms with Gasteiger partial charge in [-0.1, -0.05) is 12.5 Å². The molecule has 0 N–H and O–H groups in total. The fourth-order valence-electron chi connectivity index (χ4n) is 0.802. The molecule has 3 heteroatoms. The highest BCUT2D eigenvalue weighted by Gasteiger charge is 2.18. The Balaban J connectivity index is 4.07. The number of quaternary nitrogens is 1. The van der Waals surface area contributed by atoms with Gasteiger partial charge >= 0.3 is 5.97 Å². The van der Waals surface area contributed by atoms with Crippen molar-refractivity contribution in [2.75, 3.05) is 34.3 Å². The summed E-state index contributed by atoms with van der Waals surface area (Å²) < 4.78 is 5.08. The highest BCUT2D eigenvalue weighted by molar-refractivity contribution is 5.70. The summed E-state index contributed by atoms with van der Waals surface area (Å²) in [5.41, 5.74) is 0. The molecule has 0 bridgehead atoms. The van der Waals surface area contributed by atoms with E-state index in [1.807, 2.05) is 14.1 Å². The Labute approximate surface area is 79.6 Å². The lowest BCUT2D eigenvalue weighted by Crippen LogP contribution is -2.44. The van der Waals surface area contributed by atoms with Crippen LogP contribution in [0.3, 0.4) is 0 Å². The Hall–Kier alpha value is -1.27. The van der Waals surface area contributed by atoms with E-state index in [2.05, 4.69) is 23.2 Å². The minimum Gasteiger partial charge on any atom is -0.465 e. The van der Waals surface area contributed by atoms with Gasteiger partial charge in [0, 0.05) is 0 Å². The minimum absolute atomic E-state index is 0.217. The number of likely N-dealkylation sites (N-methyl/N-ethyl adjacent to an activating group) is 1. The second-order valence-corrected chi connectivity index (χ2v) is 3.35. The topological polar surface area (TPSA) is 26.3 Å². The predicted molar refractivity (Wildman–Crippen MR) is 51.8 cm³/mol. The number of methoxy groups -OCH3 is 1. The number of nitrogens with zero attached hydrogens (tertiary/aromatic N) is 1. The Morgan fingerprint density at radius 3 is 2.69 bits per heavy atom. The van der Waals surface area contributed by atoms with E-state index in [1.54, 1.807) is 0 Å². The average Bonchev–Trinajstić information content (AvgIpc) is 2.03. The third-order valence-corrected chi connectivity index (χ3v) is 1.50. The van der Waals surface area contributed by atoms with Gasteiger partial charge in [0.1, 0.15) is 6.54 Å². The third kappa shape index (κ3) is 5.94. The zero-order valence-corrected chi connectivity index (χ0v) is 8.46. The molecule has 0 unspecified atom stereocenters. The van der Waals surface area contributed by atoms with Gasteiger partial charge in [-0.25, -0.2) is 4.79 Å². The molecule has 0 fully saturated rings. The Kier molecular flexibility index (Phi) is 4.86. The van der Waals surface area contributed by atoms with Crippen LogP contribution in [0.5, 0.6) is 0 Å². The van der Waals surface area contributed by atoms with Crippen LogP contribution in [-0.2, 0) is 9.53 Å². The monoisotopic (exact) mass is 182 g/mol. The van der Waals surface area contributed by atoms with Crippen molar-refractivity contribution in [3.8, 4) is 11.8 Å². The van der Waals surface area contributed by atoms with Crippen LogP contribution in [0.25, 0.3) is 0 Å². The molecule has 0 rings (SSSR count). The summed E-state index contributed by atoms with van der Waals surface area (Å²) in [5, 5.41) is 0. The molecule has 0 aromatic heterocycles. The maximum absolute atomic E-state index is 11.0. The molecule has 13 heavy (non-hydrogen) atoms. The van der Waals surface area contributed by atoms with E-state index < -0.39 is 0 Å². The van der Waals surface area contributed by atoms with E-state index in [0.717, 1.165) is 0 Å². The Bertz CT molecular complexity index is 245. The van der Waals surface area contributed by atoms with Gasteiger partial charge in [0.05, 0.1) is 21.2 Å². The van der Waals surface area contributed by atoms with Crippen LogP contribution >= 0.6 is 0 Å². The van der Waals surface area contributed by atoms with E-state index in [0.29, 0.717) is 17.6 Å². The van der Waals surface area contributed by atoms with Crippen molar-refractivity contribution in [3.05, 3.63) is 12.7 Å². The van der Waals surface area contributed by atoms with Crippen molar-refractivity contribution < 1.29 is 14.0 Å². The molecule has 0 aliphatic carbocycles. The van der Waals surface area contributed by atoms with E-state index in [4.69, 9.17) is 0 Å². The molecule has 0 atom stereocenters. The first kappa shape index (κ1) is 11.7. The molecule has 72 valence electrons. The summed E-state index contributed by atoms with van der Waals surface area (Å²) in [4.78, 5) is 11.0. The maximum Gasteiger partial charge on any atom is 0.361 e. The minimum atomic E-state index is -0.217. The first-order valence-electron chi connectivity index (χ1n) is 4.00. The van der Waals surface area contributed by atoms with E-state index in [9.17, 15) is 4.79 Å². The summed E-state index contributed by atoms with van der Waals surface area (Å²) in [5.74, 6) is 5.43. The third-order valence-electron chi connectivity index (χ3n) is 1.50. The van der Waals surface area contributed by atoms with Crippen LogP contribution in [0.1, 0.15) is 0 Å². The second-order valence-electron chi connectivity index (χ2n) is 3.35. The molecule has 0 aliphatic rings. The molecular formula is C10H16NO2+. The smallest absolute Gasteiger partial charge is 0.361 e. The number of carbonyl (C=O) groups is 1. The normalized spacial score (nSPS) is 9.77. The molecule has 0 amide bonds. The maximum atomic E-state index is 11.0. The molecule has 0 saturated heterocycles. The number of esters is 1.